The van der Waals surface area contributed by atoms with Gasteiger partial charge >= 0.3 is 0 Å². The average molecular weight is 509 g/mol. The van der Waals surface area contributed by atoms with Crippen molar-refractivity contribution in [1.29, 1.82) is 0 Å². The third kappa shape index (κ3) is 4.74. The van der Waals surface area contributed by atoms with Crippen molar-refractivity contribution >= 4 is 39.1 Å². The normalized spacial score (nSPS) is 19.7. The molecule has 1 aliphatic heterocycles. The lowest BCUT2D eigenvalue weighted by Crippen LogP contribution is -2.39. The molecule has 0 radical (unpaired) electrons. The van der Waals surface area contributed by atoms with E-state index in [0.29, 0.717) is 23.4 Å². The van der Waals surface area contributed by atoms with Gasteiger partial charge in [-0.25, -0.2) is 4.98 Å². The van der Waals surface area contributed by atoms with Gasteiger partial charge in [0.25, 0.3) is 5.91 Å². The molecule has 0 spiro atoms. The highest BCUT2D eigenvalue weighted by atomic mass is 79.9. The van der Waals surface area contributed by atoms with E-state index in [1.807, 2.05) is 56.3 Å². The summed E-state index contributed by atoms with van der Waals surface area (Å²) in [6.07, 6.45) is 2.86. The van der Waals surface area contributed by atoms with Gasteiger partial charge in [0.1, 0.15) is 5.82 Å². The van der Waals surface area contributed by atoms with E-state index in [4.69, 9.17) is 0 Å². The monoisotopic (exact) mass is 508 g/mol. The van der Waals surface area contributed by atoms with Crippen LogP contribution in [0.3, 0.4) is 0 Å². The van der Waals surface area contributed by atoms with Crippen LogP contribution in [-0.2, 0) is 9.59 Å². The molecule has 4 rings (SSSR count). The van der Waals surface area contributed by atoms with Crippen LogP contribution in [0, 0.1) is 5.41 Å². The van der Waals surface area contributed by atoms with Crippen LogP contribution in [0.1, 0.15) is 45.1 Å². The van der Waals surface area contributed by atoms with E-state index >= 15 is 0 Å². The number of dihydropyridines is 1. The van der Waals surface area contributed by atoms with E-state index in [9.17, 15) is 9.59 Å². The SMILES string of the molecule is CC1=C(C(=O)Nc2ccc(Br)cn2)C(c2ccc(N(C)C)cc2)C2=C(CC(C)(C)CC2=O)N1. The Kier molecular flexibility index (Phi) is 6.18. The lowest BCUT2D eigenvalue weighted by molar-refractivity contribution is -0.118. The van der Waals surface area contributed by atoms with Gasteiger partial charge in [0.05, 0.1) is 0 Å². The molecule has 0 saturated heterocycles. The Balaban J connectivity index is 1.79. The maximum absolute atomic E-state index is 13.5. The third-order valence-electron chi connectivity index (χ3n) is 6.20. The lowest BCUT2D eigenvalue weighted by atomic mass is 9.68. The number of pyridine rings is 1. The zero-order chi connectivity index (χ0) is 23.9. The first-order chi connectivity index (χ1) is 15.6. The Morgan fingerprint density at radius 3 is 2.45 bits per heavy atom. The molecule has 6 nitrogen and oxygen atoms in total. The van der Waals surface area contributed by atoms with Crippen molar-refractivity contribution < 1.29 is 9.59 Å². The predicted molar refractivity (Wildman–Crippen MR) is 135 cm³/mol. The molecule has 1 unspecified atom stereocenters. The standard InChI is InChI=1S/C26H29BrN4O2/c1-15-22(25(33)30-21-11-8-17(27)14-28-21)23(16-6-9-18(10-7-16)31(4)5)24-19(29-15)12-26(2,3)13-20(24)32/h6-11,14,23,29H,12-13H2,1-5H3,(H,28,30,33). The number of anilines is 2. The Morgan fingerprint density at radius 1 is 1.15 bits per heavy atom. The van der Waals surface area contributed by atoms with Gasteiger partial charge in [-0.1, -0.05) is 26.0 Å². The molecule has 0 bridgehead atoms. The van der Waals surface area contributed by atoms with Crippen molar-refractivity contribution in [3.63, 3.8) is 0 Å². The van der Waals surface area contributed by atoms with Crippen LogP contribution in [0.2, 0.25) is 0 Å². The van der Waals surface area contributed by atoms with Gasteiger partial charge in [-0.3, -0.25) is 9.59 Å². The first kappa shape index (κ1) is 23.2. The van der Waals surface area contributed by atoms with Gasteiger partial charge in [-0.2, -0.15) is 0 Å². The number of amides is 1. The number of nitrogens with zero attached hydrogens (tertiary/aromatic N) is 2. The first-order valence-corrected chi connectivity index (χ1v) is 11.8. The maximum atomic E-state index is 13.5. The van der Waals surface area contributed by atoms with Crippen molar-refractivity contribution in [2.24, 2.45) is 5.41 Å². The number of ketones is 1. The second-order valence-electron chi connectivity index (χ2n) is 9.73. The van der Waals surface area contributed by atoms with Gasteiger partial charge in [0.15, 0.2) is 5.78 Å². The first-order valence-electron chi connectivity index (χ1n) is 11.0. The molecule has 7 heteroatoms. The molecule has 2 heterocycles. The van der Waals surface area contributed by atoms with Crippen molar-refractivity contribution in [2.75, 3.05) is 24.3 Å². The number of benzene rings is 1. The molecule has 1 aromatic heterocycles. The topological polar surface area (TPSA) is 74.3 Å². The number of aromatic nitrogens is 1. The number of nitrogens with one attached hydrogen (secondary N) is 2. The predicted octanol–water partition coefficient (Wildman–Crippen LogP) is 5.15. The average Bonchev–Trinajstić information content (AvgIpc) is 2.73. The number of carbonyl (C=O) groups excluding carboxylic acids is 2. The Labute approximate surface area is 203 Å². The summed E-state index contributed by atoms with van der Waals surface area (Å²) in [5.41, 5.74) is 4.79. The van der Waals surface area contributed by atoms with E-state index in [0.717, 1.165) is 33.5 Å². The van der Waals surface area contributed by atoms with Crippen molar-refractivity contribution in [3.8, 4) is 0 Å². The molecule has 172 valence electrons. The summed E-state index contributed by atoms with van der Waals surface area (Å²) in [6.45, 7) is 6.12. The Hall–Kier alpha value is -2.93. The number of carbonyl (C=O) groups is 2. The summed E-state index contributed by atoms with van der Waals surface area (Å²) in [7, 11) is 3.97. The highest BCUT2D eigenvalue weighted by molar-refractivity contribution is 9.10. The molecular weight excluding hydrogens is 480 g/mol. The smallest absolute Gasteiger partial charge is 0.255 e. The molecule has 0 saturated carbocycles. The second-order valence-corrected chi connectivity index (χ2v) is 10.6. The molecular formula is C26H29BrN4O2. The van der Waals surface area contributed by atoms with Crippen molar-refractivity contribution in [1.82, 2.24) is 10.3 Å². The number of allylic oxidation sites excluding steroid dienone is 3. The summed E-state index contributed by atoms with van der Waals surface area (Å²) in [4.78, 5) is 33.2. The summed E-state index contributed by atoms with van der Waals surface area (Å²) in [6, 6.07) is 11.6. The number of hydrogen-bond donors (Lipinski definition) is 2. The van der Waals surface area contributed by atoms with Gasteiger partial charge < -0.3 is 15.5 Å². The fraction of sp³-hybridized carbons (Fsp3) is 0.346. The minimum atomic E-state index is -0.434. The molecule has 2 N–H and O–H groups in total. The molecule has 1 amide bonds. The van der Waals surface area contributed by atoms with Crippen molar-refractivity contribution in [2.45, 2.75) is 39.5 Å². The van der Waals surface area contributed by atoms with Crippen LogP contribution in [0.15, 0.2) is 69.6 Å². The van der Waals surface area contributed by atoms with Crippen molar-refractivity contribution in [3.05, 3.63) is 75.2 Å². The van der Waals surface area contributed by atoms with Gasteiger partial charge in [0.2, 0.25) is 0 Å². The van der Waals surface area contributed by atoms with Crippen LogP contribution in [0.25, 0.3) is 0 Å². The molecule has 2 aromatic rings. The van der Waals surface area contributed by atoms with E-state index < -0.39 is 5.92 Å². The minimum absolute atomic E-state index is 0.0926. The molecule has 1 atom stereocenters. The number of rotatable bonds is 4. The zero-order valence-electron chi connectivity index (χ0n) is 19.6. The maximum Gasteiger partial charge on any atom is 0.255 e. The highest BCUT2D eigenvalue weighted by Crippen LogP contribution is 2.46. The summed E-state index contributed by atoms with van der Waals surface area (Å²) in [5, 5.41) is 6.32. The quantitative estimate of drug-likeness (QED) is 0.596. The fourth-order valence-corrected chi connectivity index (χ4v) is 4.90. The van der Waals surface area contributed by atoms with Gasteiger partial charge in [0, 0.05) is 65.3 Å². The molecule has 33 heavy (non-hydrogen) atoms. The van der Waals surface area contributed by atoms with Crippen LogP contribution >= 0.6 is 15.9 Å². The molecule has 1 aliphatic carbocycles. The largest absolute Gasteiger partial charge is 0.378 e. The van der Waals surface area contributed by atoms with Gasteiger partial charge in [-0.05, 0) is 64.5 Å². The zero-order valence-corrected chi connectivity index (χ0v) is 21.2. The van der Waals surface area contributed by atoms with Gasteiger partial charge in [-0.15, -0.1) is 0 Å². The summed E-state index contributed by atoms with van der Waals surface area (Å²) in [5.74, 6) is -0.145. The number of hydrogen-bond acceptors (Lipinski definition) is 5. The fourth-order valence-electron chi connectivity index (χ4n) is 4.67. The third-order valence-corrected chi connectivity index (χ3v) is 6.67. The summed E-state index contributed by atoms with van der Waals surface area (Å²) >= 11 is 3.37. The summed E-state index contributed by atoms with van der Waals surface area (Å²) < 4.78 is 0.833. The molecule has 1 aromatic carbocycles. The Morgan fingerprint density at radius 2 is 1.85 bits per heavy atom. The van der Waals surface area contributed by atoms with E-state index in [2.05, 4.69) is 45.4 Å². The number of halogens is 1. The Bertz CT molecular complexity index is 1160. The highest BCUT2D eigenvalue weighted by Gasteiger charge is 2.42. The van der Waals surface area contributed by atoms with E-state index in [-0.39, 0.29) is 17.1 Å². The lowest BCUT2D eigenvalue weighted by Gasteiger charge is -2.39. The molecule has 2 aliphatic rings. The van der Waals surface area contributed by atoms with Crippen LogP contribution in [0.4, 0.5) is 11.5 Å². The van der Waals surface area contributed by atoms with Crippen LogP contribution in [-0.4, -0.2) is 30.8 Å². The second kappa shape index (κ2) is 8.78. The minimum Gasteiger partial charge on any atom is -0.378 e. The number of Topliss-reactive ketones (excluding diaryl/α,β-unsaturated/α-hetero) is 1. The molecule has 0 fully saturated rings. The van der Waals surface area contributed by atoms with E-state index in [1.165, 1.54) is 0 Å². The van der Waals surface area contributed by atoms with Crippen LogP contribution in [0.5, 0.6) is 0 Å². The van der Waals surface area contributed by atoms with E-state index in [1.54, 1.807) is 12.3 Å². The van der Waals surface area contributed by atoms with Crippen LogP contribution < -0.4 is 15.5 Å².